The highest BCUT2D eigenvalue weighted by Crippen LogP contribution is 2.32. The lowest BCUT2D eigenvalue weighted by atomic mass is 10.1. The molecule has 0 N–H and O–H groups in total. The molecule has 1 unspecified atom stereocenters. The lowest BCUT2D eigenvalue weighted by Crippen LogP contribution is -2.24. The molecule has 1 fully saturated rings. The van der Waals surface area contributed by atoms with Gasteiger partial charge < -0.3 is 4.90 Å². The summed E-state index contributed by atoms with van der Waals surface area (Å²) in [6.45, 7) is 4.22. The van der Waals surface area contributed by atoms with E-state index >= 15 is 0 Å². The van der Waals surface area contributed by atoms with E-state index in [-0.39, 0.29) is 12.4 Å². The molecule has 1 heterocycles. The van der Waals surface area contributed by atoms with Gasteiger partial charge in [0.25, 0.3) is 0 Å². The largest absolute Gasteiger partial charge is 0.350 e. The van der Waals surface area contributed by atoms with E-state index in [2.05, 4.69) is 78.4 Å². The molecule has 1 saturated heterocycles. The van der Waals surface area contributed by atoms with Gasteiger partial charge in [0.05, 0.1) is 12.7 Å². The summed E-state index contributed by atoms with van der Waals surface area (Å²) < 4.78 is 0. The van der Waals surface area contributed by atoms with Gasteiger partial charge in [0.15, 0.2) is 0 Å². The van der Waals surface area contributed by atoms with Crippen molar-refractivity contribution in [3.05, 3.63) is 65.7 Å². The number of halogens is 1. The van der Waals surface area contributed by atoms with Crippen LogP contribution in [-0.4, -0.2) is 25.2 Å². The smallest absolute Gasteiger partial charge is 0.0712 e. The minimum Gasteiger partial charge on any atom is -0.350 e. The second-order valence-electron chi connectivity index (χ2n) is 5.42. The fraction of sp³-hybridized carbons (Fsp3) is 0.294. The Hall–Kier alpha value is -1.51. The van der Waals surface area contributed by atoms with Gasteiger partial charge >= 0.3 is 0 Å². The Bertz CT molecular complexity index is 556. The summed E-state index contributed by atoms with van der Waals surface area (Å²) in [5.74, 6) is 0. The van der Waals surface area contributed by atoms with Crippen molar-refractivity contribution in [3.8, 4) is 0 Å². The van der Waals surface area contributed by atoms with Gasteiger partial charge in [-0.15, -0.1) is 12.4 Å². The summed E-state index contributed by atoms with van der Waals surface area (Å²) in [5.41, 5.74) is 4.03. The number of rotatable bonds is 2. The van der Waals surface area contributed by atoms with Gasteiger partial charge in [0.1, 0.15) is 0 Å². The minimum atomic E-state index is 0. The van der Waals surface area contributed by atoms with Gasteiger partial charge in [-0.1, -0.05) is 42.5 Å². The van der Waals surface area contributed by atoms with Crippen molar-refractivity contribution >= 4 is 18.1 Å². The van der Waals surface area contributed by atoms with E-state index in [1.165, 1.54) is 16.8 Å². The lowest BCUT2D eigenvalue weighted by Gasteiger charge is -2.26. The Morgan fingerprint density at radius 1 is 1.00 bits per heavy atom. The van der Waals surface area contributed by atoms with Crippen LogP contribution in [0.4, 0.5) is 5.69 Å². The minimum absolute atomic E-state index is 0. The Labute approximate surface area is 127 Å². The predicted octanol–water partition coefficient (Wildman–Crippen LogP) is 3.87. The SMILES string of the molecule is Cc1cccc(N2CN(C)CC2c2ccccc2)c1.Cl. The highest BCUT2D eigenvalue weighted by Gasteiger charge is 2.29. The van der Waals surface area contributed by atoms with Gasteiger partial charge in [-0.2, -0.15) is 0 Å². The molecule has 2 aromatic rings. The molecule has 0 aliphatic carbocycles. The zero-order chi connectivity index (χ0) is 13.2. The molecule has 2 nitrogen and oxygen atoms in total. The molecule has 20 heavy (non-hydrogen) atoms. The average Bonchev–Trinajstić information content (AvgIpc) is 2.82. The highest BCUT2D eigenvalue weighted by molar-refractivity contribution is 5.85. The first-order valence-electron chi connectivity index (χ1n) is 6.81. The summed E-state index contributed by atoms with van der Waals surface area (Å²) in [7, 11) is 2.19. The summed E-state index contributed by atoms with van der Waals surface area (Å²) in [6.07, 6.45) is 0. The predicted molar refractivity (Wildman–Crippen MR) is 87.6 cm³/mol. The maximum atomic E-state index is 2.49. The van der Waals surface area contributed by atoms with E-state index in [0.717, 1.165) is 13.2 Å². The summed E-state index contributed by atoms with van der Waals surface area (Å²) in [6, 6.07) is 20.0. The highest BCUT2D eigenvalue weighted by atomic mass is 35.5. The van der Waals surface area contributed by atoms with Crippen LogP contribution in [0.15, 0.2) is 54.6 Å². The molecular weight excluding hydrogens is 268 g/mol. The molecule has 0 aromatic heterocycles. The van der Waals surface area contributed by atoms with Gasteiger partial charge in [-0.25, -0.2) is 0 Å². The third-order valence-electron chi connectivity index (χ3n) is 3.77. The number of hydrogen-bond donors (Lipinski definition) is 0. The van der Waals surface area contributed by atoms with E-state index in [1.807, 2.05) is 0 Å². The topological polar surface area (TPSA) is 6.48 Å². The van der Waals surface area contributed by atoms with Crippen LogP contribution < -0.4 is 4.90 Å². The zero-order valence-corrected chi connectivity index (χ0v) is 12.8. The maximum Gasteiger partial charge on any atom is 0.0712 e. The van der Waals surface area contributed by atoms with Crippen molar-refractivity contribution in [2.24, 2.45) is 0 Å². The Morgan fingerprint density at radius 3 is 2.45 bits per heavy atom. The second-order valence-corrected chi connectivity index (χ2v) is 5.42. The molecule has 2 aromatic carbocycles. The molecule has 0 amide bonds. The number of anilines is 1. The number of likely N-dealkylation sites (N-methyl/N-ethyl adjacent to an activating group) is 1. The number of hydrogen-bond acceptors (Lipinski definition) is 2. The van der Waals surface area contributed by atoms with Crippen LogP contribution in [0.3, 0.4) is 0 Å². The first-order valence-corrected chi connectivity index (χ1v) is 6.81. The molecule has 0 bridgehead atoms. The average molecular weight is 289 g/mol. The molecule has 3 heteroatoms. The van der Waals surface area contributed by atoms with Crippen LogP contribution in [-0.2, 0) is 0 Å². The van der Waals surface area contributed by atoms with Crippen molar-refractivity contribution in [2.45, 2.75) is 13.0 Å². The Kier molecular flexibility index (Phi) is 4.69. The molecule has 1 aliphatic heterocycles. The first kappa shape index (κ1) is 14.9. The standard InChI is InChI=1S/C17H20N2.ClH/c1-14-7-6-10-16(11-14)19-13-18(2)12-17(19)15-8-4-3-5-9-15;/h3-11,17H,12-13H2,1-2H3;1H. The van der Waals surface area contributed by atoms with E-state index in [0.29, 0.717) is 6.04 Å². The van der Waals surface area contributed by atoms with Crippen LogP contribution in [0, 0.1) is 6.92 Å². The second kappa shape index (κ2) is 6.29. The first-order chi connectivity index (χ1) is 9.24. The molecule has 0 spiro atoms. The van der Waals surface area contributed by atoms with Crippen LogP contribution in [0.1, 0.15) is 17.2 Å². The monoisotopic (exact) mass is 288 g/mol. The summed E-state index contributed by atoms with van der Waals surface area (Å²) in [5, 5.41) is 0. The number of nitrogens with zero attached hydrogens (tertiary/aromatic N) is 2. The van der Waals surface area contributed by atoms with E-state index in [9.17, 15) is 0 Å². The van der Waals surface area contributed by atoms with Crippen molar-refractivity contribution in [1.29, 1.82) is 0 Å². The van der Waals surface area contributed by atoms with Crippen LogP contribution in [0.2, 0.25) is 0 Å². The molecular formula is C17H21ClN2. The van der Waals surface area contributed by atoms with Crippen molar-refractivity contribution < 1.29 is 0 Å². The third-order valence-corrected chi connectivity index (χ3v) is 3.77. The van der Waals surface area contributed by atoms with Crippen LogP contribution >= 0.6 is 12.4 Å². The normalized spacial score (nSPS) is 18.9. The van der Waals surface area contributed by atoms with Crippen molar-refractivity contribution in [1.82, 2.24) is 4.90 Å². The Balaban J connectivity index is 0.00000147. The Morgan fingerprint density at radius 2 is 1.75 bits per heavy atom. The molecule has 0 saturated carbocycles. The van der Waals surface area contributed by atoms with Gasteiger partial charge in [0.2, 0.25) is 0 Å². The van der Waals surface area contributed by atoms with Crippen molar-refractivity contribution in [3.63, 3.8) is 0 Å². The summed E-state index contributed by atoms with van der Waals surface area (Å²) in [4.78, 5) is 4.86. The molecule has 1 atom stereocenters. The quantitative estimate of drug-likeness (QED) is 0.828. The van der Waals surface area contributed by atoms with Crippen molar-refractivity contribution in [2.75, 3.05) is 25.2 Å². The molecule has 1 aliphatic rings. The fourth-order valence-electron chi connectivity index (χ4n) is 2.84. The fourth-order valence-corrected chi connectivity index (χ4v) is 2.84. The maximum absolute atomic E-state index is 2.49. The van der Waals surface area contributed by atoms with E-state index in [4.69, 9.17) is 0 Å². The van der Waals surface area contributed by atoms with Crippen LogP contribution in [0.25, 0.3) is 0 Å². The lowest BCUT2D eigenvalue weighted by molar-refractivity contribution is 0.411. The zero-order valence-electron chi connectivity index (χ0n) is 12.0. The van der Waals surface area contributed by atoms with E-state index in [1.54, 1.807) is 0 Å². The third kappa shape index (κ3) is 2.97. The van der Waals surface area contributed by atoms with Gasteiger partial charge in [-0.3, -0.25) is 4.90 Å². The van der Waals surface area contributed by atoms with Crippen LogP contribution in [0.5, 0.6) is 0 Å². The van der Waals surface area contributed by atoms with Gasteiger partial charge in [0, 0.05) is 12.2 Å². The number of aryl methyl sites for hydroxylation is 1. The molecule has 106 valence electrons. The van der Waals surface area contributed by atoms with Gasteiger partial charge in [-0.05, 0) is 37.2 Å². The molecule has 0 radical (unpaired) electrons. The van der Waals surface area contributed by atoms with E-state index < -0.39 is 0 Å². The summed E-state index contributed by atoms with van der Waals surface area (Å²) >= 11 is 0. The molecule has 3 rings (SSSR count). The number of benzene rings is 2.